The van der Waals surface area contributed by atoms with Crippen molar-refractivity contribution < 1.29 is 14.6 Å². The second kappa shape index (κ2) is 15.0. The van der Waals surface area contributed by atoms with Crippen LogP contribution in [-0.4, -0.2) is 24.9 Å². The van der Waals surface area contributed by atoms with Crippen molar-refractivity contribution in [3.63, 3.8) is 0 Å². The fourth-order valence-electron chi connectivity index (χ4n) is 5.37. The highest BCUT2D eigenvalue weighted by molar-refractivity contribution is 5.58. The summed E-state index contributed by atoms with van der Waals surface area (Å²) in [5.74, 6) is 4.31. The van der Waals surface area contributed by atoms with Gasteiger partial charge in [-0.1, -0.05) is 79.1 Å². The van der Waals surface area contributed by atoms with Crippen LogP contribution in [-0.2, 0) is 6.42 Å². The van der Waals surface area contributed by atoms with Crippen molar-refractivity contribution in [2.24, 2.45) is 17.8 Å². The minimum atomic E-state index is -0.659. The molecule has 0 fully saturated rings. The first-order chi connectivity index (χ1) is 15.9. The maximum Gasteiger partial charge on any atom is 0.125 e. The first kappa shape index (κ1) is 30.8. The quantitative estimate of drug-likeness (QED) is 0.244. The van der Waals surface area contributed by atoms with Gasteiger partial charge in [0.15, 0.2) is 0 Å². The van der Waals surface area contributed by atoms with Crippen LogP contribution in [0.15, 0.2) is 0 Å². The number of benzene rings is 1. The summed E-state index contributed by atoms with van der Waals surface area (Å²) in [6.07, 6.45) is 12.8. The number of rotatable bonds is 17. The smallest absolute Gasteiger partial charge is 0.125 e. The molecule has 3 atom stereocenters. The highest BCUT2D eigenvalue weighted by atomic mass is 16.5. The standard InChI is InChI=1S/C31H56O3/c1-22(2)14-11-15-23(3)16-12-17-24(4)18-13-20-31(8,32)21-19-28-27(7)29(33-9)25(5)26(6)30(28)34-10/h22-24,32H,11-21H2,1-10H3/t23?,24-,31-/m1/s1. The van der Waals surface area contributed by atoms with E-state index >= 15 is 0 Å². The molecule has 0 aliphatic carbocycles. The topological polar surface area (TPSA) is 38.7 Å². The Labute approximate surface area is 212 Å². The Morgan fingerprint density at radius 2 is 1.15 bits per heavy atom. The third-order valence-electron chi connectivity index (χ3n) is 7.92. The average molecular weight is 477 g/mol. The lowest BCUT2D eigenvalue weighted by Gasteiger charge is -2.26. The van der Waals surface area contributed by atoms with Gasteiger partial charge in [-0.25, -0.2) is 0 Å². The summed E-state index contributed by atoms with van der Waals surface area (Å²) in [5.41, 5.74) is 3.89. The van der Waals surface area contributed by atoms with E-state index in [0.29, 0.717) is 0 Å². The van der Waals surface area contributed by atoms with E-state index in [2.05, 4.69) is 48.5 Å². The van der Waals surface area contributed by atoms with Gasteiger partial charge in [0.25, 0.3) is 0 Å². The molecule has 3 nitrogen and oxygen atoms in total. The molecule has 0 radical (unpaired) electrons. The van der Waals surface area contributed by atoms with Gasteiger partial charge in [0.05, 0.1) is 19.8 Å². The Morgan fingerprint density at radius 3 is 1.65 bits per heavy atom. The molecule has 34 heavy (non-hydrogen) atoms. The summed E-state index contributed by atoms with van der Waals surface area (Å²) < 4.78 is 11.4. The molecule has 1 rings (SSSR count). The first-order valence-electron chi connectivity index (χ1n) is 13.9. The molecule has 198 valence electrons. The van der Waals surface area contributed by atoms with Crippen molar-refractivity contribution in [2.75, 3.05) is 14.2 Å². The highest BCUT2D eigenvalue weighted by Crippen LogP contribution is 2.39. The van der Waals surface area contributed by atoms with E-state index in [-0.39, 0.29) is 0 Å². The van der Waals surface area contributed by atoms with Gasteiger partial charge in [-0.3, -0.25) is 0 Å². The number of ether oxygens (including phenoxy) is 2. The van der Waals surface area contributed by atoms with E-state index in [1.165, 1.54) is 50.5 Å². The third-order valence-corrected chi connectivity index (χ3v) is 7.92. The van der Waals surface area contributed by atoms with Crippen molar-refractivity contribution in [2.45, 2.75) is 132 Å². The van der Waals surface area contributed by atoms with E-state index in [4.69, 9.17) is 9.47 Å². The normalized spacial score (nSPS) is 15.3. The maximum absolute atomic E-state index is 11.1. The van der Waals surface area contributed by atoms with Crippen LogP contribution >= 0.6 is 0 Å². The SMILES string of the molecule is COc1c(C)c(C)c(OC)c(CC[C@](C)(O)CCC[C@H](C)CCCC(C)CCCC(C)C)c1C. The molecule has 1 aromatic rings. The van der Waals surface area contributed by atoms with E-state index in [0.717, 1.165) is 71.6 Å². The lowest BCUT2D eigenvalue weighted by molar-refractivity contribution is 0.0384. The largest absolute Gasteiger partial charge is 0.496 e. The number of hydrogen-bond acceptors (Lipinski definition) is 3. The summed E-state index contributed by atoms with van der Waals surface area (Å²) in [7, 11) is 3.47. The minimum absolute atomic E-state index is 0.659. The molecule has 0 aliphatic heterocycles. The molecule has 0 aromatic heterocycles. The molecule has 1 unspecified atom stereocenters. The maximum atomic E-state index is 11.1. The second-order valence-electron chi connectivity index (χ2n) is 11.8. The fraction of sp³-hybridized carbons (Fsp3) is 0.806. The molecule has 0 heterocycles. The first-order valence-corrected chi connectivity index (χ1v) is 13.9. The van der Waals surface area contributed by atoms with Crippen LogP contribution in [0.5, 0.6) is 11.5 Å². The van der Waals surface area contributed by atoms with Crippen molar-refractivity contribution in [1.82, 2.24) is 0 Å². The summed E-state index contributed by atoms with van der Waals surface area (Å²) in [4.78, 5) is 0. The van der Waals surface area contributed by atoms with Gasteiger partial charge in [-0.05, 0) is 81.4 Å². The van der Waals surface area contributed by atoms with E-state index in [1.54, 1.807) is 14.2 Å². The summed E-state index contributed by atoms with van der Waals surface area (Å²) >= 11 is 0. The van der Waals surface area contributed by atoms with Crippen molar-refractivity contribution in [3.8, 4) is 11.5 Å². The van der Waals surface area contributed by atoms with Gasteiger partial charge < -0.3 is 14.6 Å². The molecule has 1 aromatic carbocycles. The monoisotopic (exact) mass is 476 g/mol. The van der Waals surface area contributed by atoms with Gasteiger partial charge in [0, 0.05) is 5.56 Å². The molecular formula is C31H56O3. The molecule has 0 saturated heterocycles. The molecule has 1 N–H and O–H groups in total. The van der Waals surface area contributed by atoms with Gasteiger partial charge in [0.1, 0.15) is 11.5 Å². The van der Waals surface area contributed by atoms with Crippen LogP contribution in [0.25, 0.3) is 0 Å². The molecule has 0 saturated carbocycles. The van der Waals surface area contributed by atoms with E-state index < -0.39 is 5.60 Å². The molecule has 0 bridgehead atoms. The highest BCUT2D eigenvalue weighted by Gasteiger charge is 2.24. The van der Waals surface area contributed by atoms with Gasteiger partial charge in [-0.15, -0.1) is 0 Å². The number of methoxy groups -OCH3 is 2. The van der Waals surface area contributed by atoms with Gasteiger partial charge >= 0.3 is 0 Å². The van der Waals surface area contributed by atoms with Crippen LogP contribution in [0, 0.1) is 38.5 Å². The van der Waals surface area contributed by atoms with Crippen LogP contribution in [0.3, 0.4) is 0 Å². The molecule has 0 spiro atoms. The van der Waals surface area contributed by atoms with E-state index in [1.807, 2.05) is 6.92 Å². The Morgan fingerprint density at radius 1 is 0.676 bits per heavy atom. The van der Waals surface area contributed by atoms with Crippen molar-refractivity contribution in [1.29, 1.82) is 0 Å². The zero-order valence-electron chi connectivity index (χ0n) is 24.3. The molecular weight excluding hydrogens is 420 g/mol. The Hall–Kier alpha value is -1.22. The third kappa shape index (κ3) is 10.2. The Kier molecular flexibility index (Phi) is 13.6. The van der Waals surface area contributed by atoms with Crippen LogP contribution in [0.4, 0.5) is 0 Å². The minimum Gasteiger partial charge on any atom is -0.496 e. The summed E-state index contributed by atoms with van der Waals surface area (Å²) in [6.45, 7) is 17.7. The Balaban J connectivity index is 2.47. The van der Waals surface area contributed by atoms with Crippen molar-refractivity contribution >= 4 is 0 Å². The molecule has 3 heteroatoms. The summed E-state index contributed by atoms with van der Waals surface area (Å²) in [6, 6.07) is 0. The van der Waals surface area contributed by atoms with E-state index in [9.17, 15) is 5.11 Å². The van der Waals surface area contributed by atoms with Crippen molar-refractivity contribution in [3.05, 3.63) is 22.3 Å². The predicted octanol–water partition coefficient (Wildman–Crippen LogP) is 8.75. The zero-order valence-corrected chi connectivity index (χ0v) is 24.3. The lowest BCUT2D eigenvalue weighted by Crippen LogP contribution is -2.25. The zero-order chi connectivity index (χ0) is 25.9. The fourth-order valence-corrected chi connectivity index (χ4v) is 5.37. The lowest BCUT2D eigenvalue weighted by atomic mass is 9.86. The number of aliphatic hydroxyl groups is 1. The number of hydrogen-bond donors (Lipinski definition) is 1. The van der Waals surface area contributed by atoms with Crippen LogP contribution < -0.4 is 9.47 Å². The summed E-state index contributed by atoms with van der Waals surface area (Å²) in [5, 5.41) is 11.1. The molecule has 0 amide bonds. The average Bonchev–Trinajstić information content (AvgIpc) is 2.75. The van der Waals surface area contributed by atoms with Gasteiger partial charge in [0.2, 0.25) is 0 Å². The Bertz CT molecular complexity index is 720. The predicted molar refractivity (Wildman–Crippen MR) is 147 cm³/mol. The van der Waals surface area contributed by atoms with Crippen LogP contribution in [0.1, 0.15) is 121 Å². The van der Waals surface area contributed by atoms with Gasteiger partial charge in [-0.2, -0.15) is 0 Å². The second-order valence-corrected chi connectivity index (χ2v) is 11.8. The van der Waals surface area contributed by atoms with Crippen LogP contribution in [0.2, 0.25) is 0 Å². The molecule has 0 aliphatic rings.